The summed E-state index contributed by atoms with van der Waals surface area (Å²) in [6.45, 7) is 9.01. The van der Waals surface area contributed by atoms with E-state index in [1.807, 2.05) is 18.3 Å². The zero-order valence-corrected chi connectivity index (χ0v) is 17.9. The van der Waals surface area contributed by atoms with Crippen LogP contribution < -0.4 is 0 Å². The molecule has 5 aromatic rings. The molecule has 0 aliphatic heterocycles. The molecule has 5 rings (SSSR count). The van der Waals surface area contributed by atoms with Gasteiger partial charge < -0.3 is 4.42 Å². The molecular weight excluding hydrogens is 368 g/mol. The summed E-state index contributed by atoms with van der Waals surface area (Å²) >= 11 is 0. The highest BCUT2D eigenvalue weighted by Crippen LogP contribution is 2.42. The summed E-state index contributed by atoms with van der Waals surface area (Å²) in [7, 11) is 0. The molecule has 30 heavy (non-hydrogen) atoms. The Hall–Kier alpha value is -3.33. The van der Waals surface area contributed by atoms with Crippen LogP contribution in [0, 0.1) is 0 Å². The lowest BCUT2D eigenvalue weighted by atomic mass is 9.89. The molecule has 0 atom stereocenters. The lowest BCUT2D eigenvalue weighted by molar-refractivity contribution is 0.654. The Kier molecular flexibility index (Phi) is 4.47. The molecule has 0 N–H and O–H groups in total. The van der Waals surface area contributed by atoms with Gasteiger partial charge in [-0.2, -0.15) is 0 Å². The van der Waals surface area contributed by atoms with Crippen LogP contribution in [0.2, 0.25) is 0 Å². The lowest BCUT2D eigenvalue weighted by Crippen LogP contribution is -2.08. The maximum atomic E-state index is 6.43. The predicted molar refractivity (Wildman–Crippen MR) is 124 cm³/mol. The molecule has 0 saturated heterocycles. The van der Waals surface area contributed by atoms with Crippen molar-refractivity contribution in [3.05, 3.63) is 84.2 Å². The monoisotopic (exact) mass is 394 g/mol. The van der Waals surface area contributed by atoms with Crippen LogP contribution in [0.15, 0.2) is 77.5 Å². The van der Waals surface area contributed by atoms with E-state index in [1.165, 1.54) is 27.6 Å². The zero-order chi connectivity index (χ0) is 20.8. The van der Waals surface area contributed by atoms with Gasteiger partial charge in [0.1, 0.15) is 17.0 Å². The van der Waals surface area contributed by atoms with Gasteiger partial charge in [-0.15, -0.1) is 0 Å². The van der Waals surface area contributed by atoms with E-state index in [0.717, 1.165) is 22.6 Å². The summed E-state index contributed by atoms with van der Waals surface area (Å²) in [6.07, 6.45) is 3.96. The number of nitrogens with zero attached hydrogens (tertiary/aromatic N) is 2. The molecule has 0 amide bonds. The van der Waals surface area contributed by atoms with Gasteiger partial charge in [0, 0.05) is 34.3 Å². The zero-order valence-electron chi connectivity index (χ0n) is 17.9. The Balaban J connectivity index is 1.91. The molecule has 0 unspecified atom stereocenters. The SMILES string of the molecule is CC(C)c1cc2c(oc3ccccc32)c(C(C)C)c1-n1ccnc1-c1ccccc1. The highest BCUT2D eigenvalue weighted by molar-refractivity contribution is 6.07. The van der Waals surface area contributed by atoms with E-state index in [-0.39, 0.29) is 0 Å². The molecule has 0 saturated carbocycles. The van der Waals surface area contributed by atoms with Crippen molar-refractivity contribution < 1.29 is 4.42 Å². The van der Waals surface area contributed by atoms with E-state index in [0.29, 0.717) is 11.8 Å². The molecule has 0 fully saturated rings. The van der Waals surface area contributed by atoms with Crippen molar-refractivity contribution in [3.63, 3.8) is 0 Å². The fourth-order valence-electron chi connectivity index (χ4n) is 4.42. The van der Waals surface area contributed by atoms with Gasteiger partial charge in [0.2, 0.25) is 0 Å². The van der Waals surface area contributed by atoms with Gasteiger partial charge in [-0.25, -0.2) is 4.98 Å². The molecule has 2 heterocycles. The summed E-state index contributed by atoms with van der Waals surface area (Å²) in [5.74, 6) is 1.62. The van der Waals surface area contributed by atoms with Gasteiger partial charge in [0.05, 0.1) is 5.69 Å². The van der Waals surface area contributed by atoms with Crippen molar-refractivity contribution in [2.24, 2.45) is 0 Å². The van der Waals surface area contributed by atoms with E-state index in [2.05, 4.69) is 87.0 Å². The van der Waals surface area contributed by atoms with Crippen LogP contribution in [0.25, 0.3) is 39.0 Å². The first-order valence-corrected chi connectivity index (χ1v) is 10.6. The first-order valence-electron chi connectivity index (χ1n) is 10.6. The largest absolute Gasteiger partial charge is 0.456 e. The average Bonchev–Trinajstić information content (AvgIpc) is 3.37. The normalized spacial score (nSPS) is 11.9. The van der Waals surface area contributed by atoms with Crippen LogP contribution in [-0.2, 0) is 0 Å². The topological polar surface area (TPSA) is 31.0 Å². The molecule has 2 aromatic heterocycles. The third-order valence-electron chi connectivity index (χ3n) is 5.82. The molecule has 3 heteroatoms. The number of para-hydroxylation sites is 1. The standard InChI is InChI=1S/C27H26N2O/c1-17(2)21-16-22-20-12-8-9-13-23(20)30-26(22)24(18(3)4)25(21)29-15-14-28-27(29)19-10-6-5-7-11-19/h5-18H,1-4H3. The number of fused-ring (bicyclic) bond motifs is 3. The van der Waals surface area contributed by atoms with E-state index < -0.39 is 0 Å². The quantitative estimate of drug-likeness (QED) is 0.313. The van der Waals surface area contributed by atoms with Crippen molar-refractivity contribution >= 4 is 21.9 Å². The summed E-state index contributed by atoms with van der Waals surface area (Å²) in [6, 6.07) is 21.0. The highest BCUT2D eigenvalue weighted by atomic mass is 16.3. The smallest absolute Gasteiger partial charge is 0.144 e. The molecule has 0 radical (unpaired) electrons. The molecular formula is C27H26N2O. The summed E-state index contributed by atoms with van der Waals surface area (Å²) < 4.78 is 8.67. The Morgan fingerprint density at radius 3 is 2.30 bits per heavy atom. The first kappa shape index (κ1) is 18.7. The Bertz CT molecular complexity index is 1340. The molecule has 150 valence electrons. The number of benzene rings is 3. The van der Waals surface area contributed by atoms with Gasteiger partial charge in [-0.3, -0.25) is 4.57 Å². The number of hydrogen-bond donors (Lipinski definition) is 0. The second-order valence-electron chi connectivity index (χ2n) is 8.50. The molecule has 0 aliphatic rings. The number of imidazole rings is 1. The van der Waals surface area contributed by atoms with E-state index in [4.69, 9.17) is 9.40 Å². The molecule has 3 nitrogen and oxygen atoms in total. The minimum absolute atomic E-state index is 0.299. The van der Waals surface area contributed by atoms with Crippen LogP contribution >= 0.6 is 0 Å². The van der Waals surface area contributed by atoms with Crippen LogP contribution in [0.5, 0.6) is 0 Å². The number of rotatable bonds is 4. The highest BCUT2D eigenvalue weighted by Gasteiger charge is 2.24. The van der Waals surface area contributed by atoms with E-state index in [1.54, 1.807) is 0 Å². The first-order chi connectivity index (χ1) is 14.6. The van der Waals surface area contributed by atoms with Gasteiger partial charge in [-0.05, 0) is 29.5 Å². The maximum Gasteiger partial charge on any atom is 0.144 e. The average molecular weight is 395 g/mol. The summed E-state index contributed by atoms with van der Waals surface area (Å²) in [4.78, 5) is 4.72. The van der Waals surface area contributed by atoms with E-state index in [9.17, 15) is 0 Å². The summed E-state index contributed by atoms with van der Waals surface area (Å²) in [5.41, 5.74) is 6.78. The van der Waals surface area contributed by atoms with Crippen LogP contribution in [0.3, 0.4) is 0 Å². The third kappa shape index (κ3) is 2.85. The Labute approximate surface area is 177 Å². The Morgan fingerprint density at radius 2 is 1.57 bits per heavy atom. The minimum atomic E-state index is 0.299. The van der Waals surface area contributed by atoms with E-state index >= 15 is 0 Å². The number of furan rings is 1. The fourth-order valence-corrected chi connectivity index (χ4v) is 4.42. The van der Waals surface area contributed by atoms with Crippen molar-refractivity contribution in [2.45, 2.75) is 39.5 Å². The van der Waals surface area contributed by atoms with Crippen molar-refractivity contribution in [1.82, 2.24) is 9.55 Å². The lowest BCUT2D eigenvalue weighted by Gasteiger charge is -2.22. The molecule has 0 bridgehead atoms. The van der Waals surface area contributed by atoms with Crippen LogP contribution in [0.1, 0.15) is 50.7 Å². The van der Waals surface area contributed by atoms with Crippen molar-refractivity contribution in [3.8, 4) is 17.1 Å². The summed E-state index contributed by atoms with van der Waals surface area (Å²) in [5, 5.41) is 2.37. The van der Waals surface area contributed by atoms with Gasteiger partial charge >= 0.3 is 0 Å². The number of aromatic nitrogens is 2. The minimum Gasteiger partial charge on any atom is -0.456 e. The van der Waals surface area contributed by atoms with Crippen LogP contribution in [0.4, 0.5) is 0 Å². The van der Waals surface area contributed by atoms with Gasteiger partial charge in [0.25, 0.3) is 0 Å². The Morgan fingerprint density at radius 1 is 0.833 bits per heavy atom. The second-order valence-corrected chi connectivity index (χ2v) is 8.50. The van der Waals surface area contributed by atoms with Gasteiger partial charge in [0.15, 0.2) is 0 Å². The van der Waals surface area contributed by atoms with Gasteiger partial charge in [-0.1, -0.05) is 76.2 Å². The molecule has 0 spiro atoms. The molecule has 0 aliphatic carbocycles. The molecule has 3 aromatic carbocycles. The maximum absolute atomic E-state index is 6.43. The predicted octanol–water partition coefficient (Wildman–Crippen LogP) is 7.69. The van der Waals surface area contributed by atoms with Crippen LogP contribution in [-0.4, -0.2) is 9.55 Å². The fraction of sp³-hybridized carbons (Fsp3) is 0.222. The van der Waals surface area contributed by atoms with Crippen molar-refractivity contribution in [1.29, 1.82) is 0 Å². The van der Waals surface area contributed by atoms with Crippen molar-refractivity contribution in [2.75, 3.05) is 0 Å². The second kappa shape index (κ2) is 7.17. The number of hydrogen-bond acceptors (Lipinski definition) is 2. The third-order valence-corrected chi connectivity index (χ3v) is 5.82.